The lowest BCUT2D eigenvalue weighted by molar-refractivity contribution is -0.309. The molecule has 3 atom stereocenters. The minimum absolute atomic E-state index is 0.0973. The molecule has 0 bridgehead atoms. The van der Waals surface area contributed by atoms with Crippen molar-refractivity contribution < 1.29 is 31.8 Å². The third-order valence-corrected chi connectivity index (χ3v) is 5.00. The molecule has 7 heteroatoms. The Morgan fingerprint density at radius 3 is 2.00 bits per heavy atom. The Balaban J connectivity index is 1.88. The van der Waals surface area contributed by atoms with Crippen molar-refractivity contribution in [1.29, 1.82) is 0 Å². The average Bonchev–Trinajstić information content (AvgIpc) is 2.37. The van der Waals surface area contributed by atoms with E-state index in [1.54, 1.807) is 0 Å². The molecule has 0 spiro atoms. The summed E-state index contributed by atoms with van der Waals surface area (Å²) >= 11 is 0. The van der Waals surface area contributed by atoms with Gasteiger partial charge in [-0.25, -0.2) is 0 Å². The van der Waals surface area contributed by atoms with E-state index in [2.05, 4.69) is 0 Å². The maximum absolute atomic E-state index is 14.2. The molecule has 0 aliphatic heterocycles. The molecule has 2 fully saturated rings. The van der Waals surface area contributed by atoms with E-state index in [9.17, 15) is 27.1 Å². The molecule has 2 nitrogen and oxygen atoms in total. The Kier molecular flexibility index (Phi) is 5.37. The van der Waals surface area contributed by atoms with Gasteiger partial charge in [0.05, 0.1) is 24.0 Å². The van der Waals surface area contributed by atoms with Crippen molar-refractivity contribution >= 4 is 0 Å². The topological polar surface area (TPSA) is 29.5 Å². The summed E-state index contributed by atoms with van der Waals surface area (Å²) in [5.74, 6) is -2.28. The minimum Gasteiger partial charge on any atom is -0.392 e. The number of rotatable bonds is 3. The monoisotopic (exact) mass is 330 g/mol. The van der Waals surface area contributed by atoms with Crippen LogP contribution in [0.25, 0.3) is 0 Å². The van der Waals surface area contributed by atoms with E-state index >= 15 is 0 Å². The summed E-state index contributed by atoms with van der Waals surface area (Å²) in [6.45, 7) is 2.02. The van der Waals surface area contributed by atoms with Gasteiger partial charge >= 0.3 is 12.3 Å². The van der Waals surface area contributed by atoms with Gasteiger partial charge in [-0.1, -0.05) is 19.8 Å². The maximum atomic E-state index is 14.2. The summed E-state index contributed by atoms with van der Waals surface area (Å²) in [6, 6.07) is 0. The van der Waals surface area contributed by atoms with E-state index in [-0.39, 0.29) is 19.3 Å². The molecule has 3 unspecified atom stereocenters. The molecule has 0 saturated heterocycles. The van der Waals surface area contributed by atoms with Crippen LogP contribution < -0.4 is 0 Å². The van der Waals surface area contributed by atoms with Gasteiger partial charge in [-0.2, -0.15) is 22.0 Å². The molecule has 0 aromatic heterocycles. The van der Waals surface area contributed by atoms with Gasteiger partial charge < -0.3 is 9.84 Å². The largest absolute Gasteiger partial charge is 0.394 e. The molecule has 2 aliphatic rings. The van der Waals surface area contributed by atoms with E-state index in [0.29, 0.717) is 31.6 Å². The van der Waals surface area contributed by atoms with E-state index in [1.165, 1.54) is 0 Å². The van der Waals surface area contributed by atoms with Crippen molar-refractivity contribution in [3.63, 3.8) is 0 Å². The molecule has 0 aromatic rings. The van der Waals surface area contributed by atoms with Gasteiger partial charge in [0.25, 0.3) is 0 Å². The standard InChI is InChI=1S/C15H23F5O2/c1-9-2-4-10(5-3-9)15(19,20)22-11-6-7-12(13(21)8-11)14(16,17)18/h9-13,21H,2-8H2,1H3. The van der Waals surface area contributed by atoms with Crippen molar-refractivity contribution in [2.75, 3.05) is 0 Å². The maximum Gasteiger partial charge on any atom is 0.394 e. The van der Waals surface area contributed by atoms with Crippen LogP contribution in [0, 0.1) is 17.8 Å². The molecule has 130 valence electrons. The fraction of sp³-hybridized carbons (Fsp3) is 1.00. The first-order valence-electron chi connectivity index (χ1n) is 7.90. The van der Waals surface area contributed by atoms with Crippen molar-refractivity contribution in [2.24, 2.45) is 17.8 Å². The van der Waals surface area contributed by atoms with Crippen LogP contribution in [0.5, 0.6) is 0 Å². The molecule has 2 rings (SSSR count). The fourth-order valence-corrected chi connectivity index (χ4v) is 3.51. The summed E-state index contributed by atoms with van der Waals surface area (Å²) in [7, 11) is 0. The van der Waals surface area contributed by atoms with E-state index < -0.39 is 36.3 Å². The summed E-state index contributed by atoms with van der Waals surface area (Å²) in [5, 5.41) is 9.57. The highest BCUT2D eigenvalue weighted by Crippen LogP contribution is 2.43. The SMILES string of the molecule is CC1CCC(C(F)(F)OC2CCC(C(F)(F)F)C(O)C2)CC1. The molecule has 0 heterocycles. The Morgan fingerprint density at radius 2 is 1.50 bits per heavy atom. The highest BCUT2D eigenvalue weighted by atomic mass is 19.4. The summed E-state index contributed by atoms with van der Waals surface area (Å²) in [5.41, 5.74) is 0. The lowest BCUT2D eigenvalue weighted by Crippen LogP contribution is -2.45. The Bertz CT molecular complexity index is 363. The van der Waals surface area contributed by atoms with Crippen LogP contribution in [0.1, 0.15) is 51.9 Å². The Morgan fingerprint density at radius 1 is 0.909 bits per heavy atom. The molecular weight excluding hydrogens is 307 g/mol. The van der Waals surface area contributed by atoms with Gasteiger partial charge in [0, 0.05) is 6.42 Å². The average molecular weight is 330 g/mol. The lowest BCUT2D eigenvalue weighted by atomic mass is 9.81. The van der Waals surface area contributed by atoms with Crippen LogP contribution in [-0.4, -0.2) is 29.6 Å². The fourth-order valence-electron chi connectivity index (χ4n) is 3.51. The second-order valence-electron chi connectivity index (χ2n) is 6.79. The number of aliphatic hydroxyl groups is 1. The zero-order chi connectivity index (χ0) is 16.5. The Hall–Kier alpha value is -0.430. The molecule has 0 amide bonds. The first-order valence-corrected chi connectivity index (χ1v) is 7.90. The molecule has 0 radical (unpaired) electrons. The summed E-state index contributed by atoms with van der Waals surface area (Å²) in [4.78, 5) is 0. The van der Waals surface area contributed by atoms with Gasteiger partial charge in [0.15, 0.2) is 0 Å². The minimum atomic E-state index is -4.49. The summed E-state index contributed by atoms with van der Waals surface area (Å²) in [6.07, 6.45) is -9.18. The van der Waals surface area contributed by atoms with Gasteiger partial charge in [-0.15, -0.1) is 0 Å². The highest BCUT2D eigenvalue weighted by molar-refractivity contribution is 4.86. The lowest BCUT2D eigenvalue weighted by Gasteiger charge is -2.38. The van der Waals surface area contributed by atoms with Crippen molar-refractivity contribution in [2.45, 2.75) is 76.4 Å². The summed E-state index contributed by atoms with van der Waals surface area (Å²) < 4.78 is 71.0. The zero-order valence-electron chi connectivity index (χ0n) is 12.6. The third kappa shape index (κ3) is 4.31. The molecule has 2 saturated carbocycles. The predicted octanol–water partition coefficient (Wildman–Crippen LogP) is 4.51. The van der Waals surface area contributed by atoms with Crippen LogP contribution in [0.15, 0.2) is 0 Å². The molecule has 1 N–H and O–H groups in total. The number of hydrogen-bond acceptors (Lipinski definition) is 2. The molecule has 2 aliphatic carbocycles. The van der Waals surface area contributed by atoms with Crippen molar-refractivity contribution in [3.05, 3.63) is 0 Å². The van der Waals surface area contributed by atoms with Gasteiger partial charge in [-0.05, 0) is 31.6 Å². The molecule has 0 aromatic carbocycles. The van der Waals surface area contributed by atoms with Crippen LogP contribution >= 0.6 is 0 Å². The smallest absolute Gasteiger partial charge is 0.392 e. The highest BCUT2D eigenvalue weighted by Gasteiger charge is 2.50. The molecule has 22 heavy (non-hydrogen) atoms. The first-order chi connectivity index (χ1) is 10.1. The van der Waals surface area contributed by atoms with Crippen LogP contribution in [0.2, 0.25) is 0 Å². The van der Waals surface area contributed by atoms with E-state index in [4.69, 9.17) is 4.74 Å². The number of aliphatic hydroxyl groups excluding tert-OH is 1. The quantitative estimate of drug-likeness (QED) is 0.771. The number of hydrogen-bond donors (Lipinski definition) is 1. The second kappa shape index (κ2) is 6.59. The van der Waals surface area contributed by atoms with E-state index in [0.717, 1.165) is 0 Å². The third-order valence-electron chi connectivity index (χ3n) is 5.00. The number of alkyl halides is 5. The van der Waals surface area contributed by atoms with E-state index in [1.807, 2.05) is 6.92 Å². The van der Waals surface area contributed by atoms with Gasteiger partial charge in [0.2, 0.25) is 0 Å². The predicted molar refractivity (Wildman–Crippen MR) is 70.3 cm³/mol. The molecular formula is C15H23F5O2. The van der Waals surface area contributed by atoms with Crippen LogP contribution in [0.4, 0.5) is 22.0 Å². The first kappa shape index (κ1) is 17.9. The Labute approximate surface area is 127 Å². The van der Waals surface area contributed by atoms with Crippen molar-refractivity contribution in [3.8, 4) is 0 Å². The van der Waals surface area contributed by atoms with Gasteiger partial charge in [-0.3, -0.25) is 0 Å². The van der Waals surface area contributed by atoms with Crippen molar-refractivity contribution in [1.82, 2.24) is 0 Å². The van der Waals surface area contributed by atoms with Crippen LogP contribution in [-0.2, 0) is 4.74 Å². The normalized spacial score (nSPS) is 38.0. The van der Waals surface area contributed by atoms with Gasteiger partial charge in [0.1, 0.15) is 0 Å². The number of halogens is 5. The zero-order valence-corrected chi connectivity index (χ0v) is 12.6. The van der Waals surface area contributed by atoms with Crippen LogP contribution in [0.3, 0.4) is 0 Å². The second-order valence-corrected chi connectivity index (χ2v) is 6.79. The number of ether oxygens (including phenoxy) is 1.